The number of guanidine groups is 1. The lowest BCUT2D eigenvalue weighted by atomic mass is 10.3. The number of nitrogens with one attached hydrogen (secondary N) is 2. The number of aliphatic imine (C=N–C) groups is 1. The highest BCUT2D eigenvalue weighted by molar-refractivity contribution is 7.11. The van der Waals surface area contributed by atoms with Crippen LogP contribution in [-0.2, 0) is 19.4 Å². The minimum absolute atomic E-state index is 0.704. The average Bonchev–Trinajstić information content (AvgIpc) is 3.05. The van der Waals surface area contributed by atoms with Crippen molar-refractivity contribution >= 4 is 28.6 Å². The van der Waals surface area contributed by atoms with Gasteiger partial charge in [-0.1, -0.05) is 6.92 Å². The van der Waals surface area contributed by atoms with Gasteiger partial charge in [-0.05, 0) is 27.2 Å². The summed E-state index contributed by atoms with van der Waals surface area (Å²) in [6.07, 6.45) is 1.92. The van der Waals surface area contributed by atoms with E-state index in [-0.39, 0.29) is 0 Å². The van der Waals surface area contributed by atoms with Crippen LogP contribution in [0.3, 0.4) is 0 Å². The Bertz CT molecular complexity index is 653. The second kappa shape index (κ2) is 8.40. The van der Waals surface area contributed by atoms with Gasteiger partial charge in [0.15, 0.2) is 5.96 Å². The van der Waals surface area contributed by atoms with E-state index < -0.39 is 0 Å². The molecular formula is C16H25N5S2. The van der Waals surface area contributed by atoms with Gasteiger partial charge in [0.2, 0.25) is 0 Å². The topological polar surface area (TPSA) is 62.2 Å². The van der Waals surface area contributed by atoms with Crippen LogP contribution < -0.4 is 10.6 Å². The lowest BCUT2D eigenvalue weighted by molar-refractivity contribution is 0.786. The molecule has 0 aliphatic carbocycles. The molecule has 0 saturated heterocycles. The summed E-state index contributed by atoms with van der Waals surface area (Å²) >= 11 is 3.52. The third-order valence-electron chi connectivity index (χ3n) is 3.61. The molecule has 0 atom stereocenters. The molecule has 126 valence electrons. The fourth-order valence-corrected chi connectivity index (χ4v) is 4.10. The van der Waals surface area contributed by atoms with Crippen molar-refractivity contribution in [2.45, 2.75) is 47.1 Å². The second-order valence-corrected chi connectivity index (χ2v) is 7.89. The Morgan fingerprint density at radius 1 is 1.04 bits per heavy atom. The molecule has 0 fully saturated rings. The zero-order valence-electron chi connectivity index (χ0n) is 14.5. The SMILES string of the molecule is CCc1nc(CCNC(=NC)NCc2nc(C)c(C)s2)sc1C. The quantitative estimate of drug-likeness (QED) is 0.620. The van der Waals surface area contributed by atoms with Gasteiger partial charge in [0, 0.05) is 29.8 Å². The Morgan fingerprint density at radius 2 is 1.78 bits per heavy atom. The summed E-state index contributed by atoms with van der Waals surface area (Å²) in [5.41, 5.74) is 2.34. The van der Waals surface area contributed by atoms with E-state index >= 15 is 0 Å². The average molecular weight is 352 g/mol. The number of hydrogen-bond acceptors (Lipinski definition) is 5. The molecule has 0 aromatic carbocycles. The van der Waals surface area contributed by atoms with Crippen molar-refractivity contribution in [1.29, 1.82) is 0 Å². The summed E-state index contributed by atoms with van der Waals surface area (Å²) in [6.45, 7) is 9.97. The number of hydrogen-bond donors (Lipinski definition) is 2. The van der Waals surface area contributed by atoms with E-state index in [1.807, 2.05) is 6.92 Å². The van der Waals surface area contributed by atoms with Gasteiger partial charge < -0.3 is 10.6 Å². The van der Waals surface area contributed by atoms with Crippen LogP contribution in [0.2, 0.25) is 0 Å². The van der Waals surface area contributed by atoms with E-state index in [1.165, 1.54) is 20.5 Å². The van der Waals surface area contributed by atoms with Gasteiger partial charge in [0.05, 0.1) is 22.9 Å². The van der Waals surface area contributed by atoms with E-state index in [9.17, 15) is 0 Å². The third-order valence-corrected chi connectivity index (χ3v) is 5.75. The van der Waals surface area contributed by atoms with Crippen LogP contribution in [0.15, 0.2) is 4.99 Å². The van der Waals surface area contributed by atoms with E-state index in [0.717, 1.165) is 36.0 Å². The molecule has 2 rings (SSSR count). The van der Waals surface area contributed by atoms with Crippen molar-refractivity contribution in [2.24, 2.45) is 4.99 Å². The predicted molar refractivity (Wildman–Crippen MR) is 99.7 cm³/mol. The number of thiazole rings is 2. The first-order chi connectivity index (χ1) is 11.0. The Balaban J connectivity index is 1.78. The van der Waals surface area contributed by atoms with Gasteiger partial charge in [-0.2, -0.15) is 0 Å². The molecule has 0 radical (unpaired) electrons. The van der Waals surface area contributed by atoms with Crippen LogP contribution in [0.1, 0.15) is 38.1 Å². The molecule has 2 aromatic rings. The molecule has 0 saturated carbocycles. The maximum Gasteiger partial charge on any atom is 0.191 e. The minimum atomic E-state index is 0.704. The summed E-state index contributed by atoms with van der Waals surface area (Å²) in [7, 11) is 1.79. The third kappa shape index (κ3) is 5.00. The van der Waals surface area contributed by atoms with Crippen molar-refractivity contribution in [2.75, 3.05) is 13.6 Å². The van der Waals surface area contributed by atoms with Crippen molar-refractivity contribution in [3.05, 3.63) is 31.2 Å². The van der Waals surface area contributed by atoms with Crippen molar-refractivity contribution in [1.82, 2.24) is 20.6 Å². The molecule has 2 N–H and O–H groups in total. The standard InChI is InChI=1S/C16H25N5S2/c1-6-13-12(4)23-14(21-13)7-8-18-16(17-5)19-9-15-20-10(2)11(3)22-15/h6-9H2,1-5H3,(H2,17,18,19). The molecule has 23 heavy (non-hydrogen) atoms. The Labute approximate surface area is 146 Å². The number of aryl methyl sites for hydroxylation is 4. The number of rotatable bonds is 6. The minimum Gasteiger partial charge on any atom is -0.356 e. The zero-order valence-corrected chi connectivity index (χ0v) is 16.1. The van der Waals surface area contributed by atoms with Crippen LogP contribution in [0.5, 0.6) is 0 Å². The first-order valence-electron chi connectivity index (χ1n) is 7.86. The van der Waals surface area contributed by atoms with Gasteiger partial charge in [-0.25, -0.2) is 9.97 Å². The van der Waals surface area contributed by atoms with Crippen LogP contribution in [0.25, 0.3) is 0 Å². The lowest BCUT2D eigenvalue weighted by Crippen LogP contribution is -2.37. The van der Waals surface area contributed by atoms with E-state index in [4.69, 9.17) is 0 Å². The summed E-state index contributed by atoms with van der Waals surface area (Å²) in [5.74, 6) is 0.805. The molecule has 0 amide bonds. The van der Waals surface area contributed by atoms with Crippen LogP contribution >= 0.6 is 22.7 Å². The number of aromatic nitrogens is 2. The summed E-state index contributed by atoms with van der Waals surface area (Å²) in [5, 5.41) is 8.93. The molecule has 2 aromatic heterocycles. The summed E-state index contributed by atoms with van der Waals surface area (Å²) < 4.78 is 0. The van der Waals surface area contributed by atoms with E-state index in [1.54, 1.807) is 29.7 Å². The second-order valence-electron chi connectivity index (χ2n) is 5.32. The smallest absolute Gasteiger partial charge is 0.191 e. The van der Waals surface area contributed by atoms with Crippen molar-refractivity contribution < 1.29 is 0 Å². The molecule has 7 heteroatoms. The summed E-state index contributed by atoms with van der Waals surface area (Å²) in [6, 6.07) is 0. The zero-order chi connectivity index (χ0) is 16.8. The Hall–Kier alpha value is -1.47. The first-order valence-corrected chi connectivity index (χ1v) is 9.49. The van der Waals surface area contributed by atoms with Gasteiger partial charge in [0.25, 0.3) is 0 Å². The van der Waals surface area contributed by atoms with Gasteiger partial charge >= 0.3 is 0 Å². The monoisotopic (exact) mass is 351 g/mol. The Kier molecular flexibility index (Phi) is 6.53. The molecule has 0 aliphatic heterocycles. The molecule has 2 heterocycles. The Morgan fingerprint density at radius 3 is 2.35 bits per heavy atom. The molecular weight excluding hydrogens is 326 g/mol. The lowest BCUT2D eigenvalue weighted by Gasteiger charge is -2.10. The number of nitrogens with zero attached hydrogens (tertiary/aromatic N) is 3. The molecule has 0 aliphatic rings. The highest BCUT2D eigenvalue weighted by atomic mass is 32.1. The van der Waals surface area contributed by atoms with Crippen LogP contribution in [0.4, 0.5) is 0 Å². The van der Waals surface area contributed by atoms with Crippen LogP contribution in [-0.4, -0.2) is 29.5 Å². The fourth-order valence-electron chi connectivity index (χ4n) is 2.21. The van der Waals surface area contributed by atoms with Gasteiger partial charge in [-0.3, -0.25) is 4.99 Å². The fraction of sp³-hybridized carbons (Fsp3) is 0.562. The molecule has 0 spiro atoms. The highest BCUT2D eigenvalue weighted by Gasteiger charge is 2.07. The van der Waals surface area contributed by atoms with Gasteiger partial charge in [0.1, 0.15) is 5.01 Å². The van der Waals surface area contributed by atoms with E-state index in [0.29, 0.717) is 6.54 Å². The summed E-state index contributed by atoms with van der Waals surface area (Å²) in [4.78, 5) is 16.1. The first kappa shape index (κ1) is 17.9. The van der Waals surface area contributed by atoms with E-state index in [2.05, 4.69) is 46.4 Å². The molecule has 0 unspecified atom stereocenters. The highest BCUT2D eigenvalue weighted by Crippen LogP contribution is 2.18. The van der Waals surface area contributed by atoms with Crippen molar-refractivity contribution in [3.63, 3.8) is 0 Å². The van der Waals surface area contributed by atoms with Crippen molar-refractivity contribution in [3.8, 4) is 0 Å². The largest absolute Gasteiger partial charge is 0.356 e. The molecule has 5 nitrogen and oxygen atoms in total. The normalized spacial score (nSPS) is 11.8. The maximum atomic E-state index is 4.67. The van der Waals surface area contributed by atoms with Crippen LogP contribution in [0, 0.1) is 20.8 Å². The van der Waals surface area contributed by atoms with Gasteiger partial charge in [-0.15, -0.1) is 22.7 Å². The maximum absolute atomic E-state index is 4.67. The predicted octanol–water partition coefficient (Wildman–Crippen LogP) is 2.99. The molecule has 0 bridgehead atoms.